The lowest BCUT2D eigenvalue weighted by molar-refractivity contribution is -0.132. The number of halogens is 4. The molecule has 2 aromatic heterocycles. The van der Waals surface area contributed by atoms with Crippen LogP contribution in [0.4, 0.5) is 18.9 Å². The van der Waals surface area contributed by atoms with Gasteiger partial charge in [-0.3, -0.25) is 9.20 Å². The lowest BCUT2D eigenvalue weighted by Gasteiger charge is -2.05. The van der Waals surface area contributed by atoms with Gasteiger partial charge in [0.2, 0.25) is 6.41 Å². The highest BCUT2D eigenvalue weighted by molar-refractivity contribution is 6.30. The fourth-order valence-electron chi connectivity index (χ4n) is 2.16. The number of pyridine rings is 1. The molecular weight excluding hydrogens is 393 g/mol. The maximum Gasteiger partial charge on any atom is 0.405 e. The van der Waals surface area contributed by atoms with E-state index in [0.29, 0.717) is 5.02 Å². The van der Waals surface area contributed by atoms with Crippen LogP contribution in [0.1, 0.15) is 13.8 Å². The third-order valence-electron chi connectivity index (χ3n) is 3.31. The Bertz CT molecular complexity index is 881. The molecule has 0 bridgehead atoms. The Morgan fingerprint density at radius 2 is 1.93 bits per heavy atom. The summed E-state index contributed by atoms with van der Waals surface area (Å²) in [7, 11) is 1.91. The number of nitrogens with one attached hydrogen (secondary N) is 2. The number of carbonyl (C=O) groups excluding carboxylic acids is 1. The zero-order chi connectivity index (χ0) is 21.2. The molecule has 0 radical (unpaired) electrons. The van der Waals surface area contributed by atoms with Crippen LogP contribution in [0.15, 0.2) is 48.8 Å². The summed E-state index contributed by atoms with van der Waals surface area (Å²) in [6.45, 7) is 2.75. The standard InChI is InChI=1S/C14H12ClN3.C3H4F3NO.C2H6/c1-16-12-4-2-3-10(7-12)13-9-17-14-8-11(15)5-6-18(13)14;4-3(5,6)1-7-2-8;1-2/h2-9,16H,1H3;2H,1H2,(H,7,8);1-2H3. The van der Waals surface area contributed by atoms with Gasteiger partial charge in [-0.25, -0.2) is 4.98 Å². The van der Waals surface area contributed by atoms with Crippen LogP contribution in [-0.4, -0.2) is 35.6 Å². The maximum atomic E-state index is 11.0. The number of benzene rings is 1. The number of hydrogen-bond acceptors (Lipinski definition) is 3. The van der Waals surface area contributed by atoms with Gasteiger partial charge in [0.05, 0.1) is 11.9 Å². The molecule has 1 aromatic carbocycles. The van der Waals surface area contributed by atoms with Crippen LogP contribution < -0.4 is 10.6 Å². The number of nitrogens with zero attached hydrogens (tertiary/aromatic N) is 2. The van der Waals surface area contributed by atoms with Crippen molar-refractivity contribution in [1.29, 1.82) is 0 Å². The molecule has 152 valence electrons. The van der Waals surface area contributed by atoms with Crippen molar-refractivity contribution in [2.45, 2.75) is 20.0 Å². The highest BCUT2D eigenvalue weighted by atomic mass is 35.5. The molecule has 0 aliphatic heterocycles. The van der Waals surface area contributed by atoms with Crippen molar-refractivity contribution in [2.24, 2.45) is 0 Å². The number of imidazole rings is 1. The number of carbonyl (C=O) groups is 1. The quantitative estimate of drug-likeness (QED) is 0.589. The lowest BCUT2D eigenvalue weighted by Crippen LogP contribution is -2.27. The summed E-state index contributed by atoms with van der Waals surface area (Å²) >= 11 is 5.96. The zero-order valence-corrected chi connectivity index (χ0v) is 16.5. The molecule has 0 unspecified atom stereocenters. The Morgan fingerprint density at radius 3 is 2.50 bits per heavy atom. The second-order valence-electron chi connectivity index (χ2n) is 5.16. The van der Waals surface area contributed by atoms with E-state index in [4.69, 9.17) is 11.6 Å². The maximum absolute atomic E-state index is 11.0. The van der Waals surface area contributed by atoms with Gasteiger partial charge >= 0.3 is 6.18 Å². The zero-order valence-electron chi connectivity index (χ0n) is 15.7. The fourth-order valence-corrected chi connectivity index (χ4v) is 2.31. The largest absolute Gasteiger partial charge is 0.405 e. The first kappa shape index (κ1) is 23.3. The highest BCUT2D eigenvalue weighted by Gasteiger charge is 2.25. The first-order valence-corrected chi connectivity index (χ1v) is 8.86. The Kier molecular flexibility index (Phi) is 9.31. The molecule has 0 spiro atoms. The van der Waals surface area contributed by atoms with E-state index in [1.807, 2.05) is 62.0 Å². The average Bonchev–Trinajstić information content (AvgIpc) is 3.11. The van der Waals surface area contributed by atoms with Crippen molar-refractivity contribution in [1.82, 2.24) is 14.7 Å². The first-order chi connectivity index (χ1) is 13.3. The smallest absolute Gasteiger partial charge is 0.388 e. The van der Waals surface area contributed by atoms with E-state index in [0.717, 1.165) is 22.6 Å². The van der Waals surface area contributed by atoms with Crippen molar-refractivity contribution in [3.8, 4) is 11.3 Å². The van der Waals surface area contributed by atoms with Gasteiger partial charge in [0.15, 0.2) is 0 Å². The van der Waals surface area contributed by atoms with Gasteiger partial charge in [0.25, 0.3) is 0 Å². The predicted molar refractivity (Wildman–Crippen MR) is 107 cm³/mol. The molecule has 1 amide bonds. The summed E-state index contributed by atoms with van der Waals surface area (Å²) in [4.78, 5) is 13.6. The molecule has 9 heteroatoms. The van der Waals surface area contributed by atoms with Gasteiger partial charge < -0.3 is 10.6 Å². The number of aromatic nitrogens is 2. The molecule has 3 aromatic rings. The Morgan fingerprint density at radius 1 is 1.21 bits per heavy atom. The monoisotopic (exact) mass is 414 g/mol. The van der Waals surface area contributed by atoms with E-state index < -0.39 is 12.7 Å². The molecule has 28 heavy (non-hydrogen) atoms. The molecule has 0 aliphatic rings. The van der Waals surface area contributed by atoms with Crippen molar-refractivity contribution < 1.29 is 18.0 Å². The first-order valence-electron chi connectivity index (χ1n) is 8.48. The topological polar surface area (TPSA) is 58.4 Å². The molecule has 0 atom stereocenters. The van der Waals surface area contributed by atoms with E-state index in [9.17, 15) is 18.0 Å². The van der Waals surface area contributed by atoms with Crippen molar-refractivity contribution in [3.63, 3.8) is 0 Å². The summed E-state index contributed by atoms with van der Waals surface area (Å²) in [5.74, 6) is 0. The third kappa shape index (κ3) is 7.11. The predicted octanol–water partition coefficient (Wildman–Crippen LogP) is 5.02. The second-order valence-corrected chi connectivity index (χ2v) is 5.60. The van der Waals surface area contributed by atoms with Crippen LogP contribution in [0.2, 0.25) is 5.02 Å². The number of amides is 1. The Labute approximate surface area is 166 Å². The minimum absolute atomic E-state index is 0.00743. The molecule has 0 saturated heterocycles. The van der Waals surface area contributed by atoms with Gasteiger partial charge in [-0.1, -0.05) is 37.6 Å². The molecular formula is C19H22ClF3N4O. The van der Waals surface area contributed by atoms with Crippen LogP contribution in [0.5, 0.6) is 0 Å². The third-order valence-corrected chi connectivity index (χ3v) is 3.54. The van der Waals surface area contributed by atoms with E-state index >= 15 is 0 Å². The van der Waals surface area contributed by atoms with Gasteiger partial charge in [-0.15, -0.1) is 0 Å². The van der Waals surface area contributed by atoms with Crippen LogP contribution >= 0.6 is 11.6 Å². The normalized spacial score (nSPS) is 10.2. The number of fused-ring (bicyclic) bond motifs is 1. The second kappa shape index (κ2) is 11.2. The van der Waals surface area contributed by atoms with Crippen LogP contribution in [-0.2, 0) is 4.79 Å². The van der Waals surface area contributed by atoms with Crippen molar-refractivity contribution in [2.75, 3.05) is 18.9 Å². The summed E-state index contributed by atoms with van der Waals surface area (Å²) in [5, 5.41) is 5.32. The van der Waals surface area contributed by atoms with Gasteiger partial charge in [0, 0.05) is 35.6 Å². The summed E-state index contributed by atoms with van der Waals surface area (Å²) in [6, 6.07) is 11.9. The van der Waals surface area contributed by atoms with Crippen LogP contribution in [0, 0.1) is 0 Å². The van der Waals surface area contributed by atoms with E-state index in [1.165, 1.54) is 5.32 Å². The minimum atomic E-state index is -4.29. The van der Waals surface area contributed by atoms with Crippen molar-refractivity contribution >= 4 is 29.3 Å². The summed E-state index contributed by atoms with van der Waals surface area (Å²) in [5.41, 5.74) is 4.11. The summed E-state index contributed by atoms with van der Waals surface area (Å²) < 4.78 is 35.1. The minimum Gasteiger partial charge on any atom is -0.388 e. The van der Waals surface area contributed by atoms with Crippen LogP contribution in [0.25, 0.3) is 16.9 Å². The number of rotatable bonds is 4. The highest BCUT2D eigenvalue weighted by Crippen LogP contribution is 2.24. The van der Waals surface area contributed by atoms with E-state index in [2.05, 4.69) is 22.4 Å². The van der Waals surface area contributed by atoms with Crippen molar-refractivity contribution in [3.05, 3.63) is 53.8 Å². The molecule has 0 fully saturated rings. The number of alkyl halides is 3. The van der Waals surface area contributed by atoms with Gasteiger partial charge in [0.1, 0.15) is 12.2 Å². The number of anilines is 1. The molecule has 2 N–H and O–H groups in total. The molecule has 0 saturated carbocycles. The van der Waals surface area contributed by atoms with E-state index in [-0.39, 0.29) is 6.41 Å². The SMILES string of the molecule is CC.CNc1cccc(-c2cnc3cc(Cl)ccn23)c1.O=CNCC(F)(F)F. The molecule has 3 rings (SSSR count). The van der Waals surface area contributed by atoms with Gasteiger partial charge in [-0.2, -0.15) is 13.2 Å². The fraction of sp³-hybridized carbons (Fsp3) is 0.263. The molecule has 2 heterocycles. The Hall–Kier alpha value is -2.74. The van der Waals surface area contributed by atoms with E-state index in [1.54, 1.807) is 0 Å². The van der Waals surface area contributed by atoms with Crippen LogP contribution in [0.3, 0.4) is 0 Å². The molecule has 0 aliphatic carbocycles. The Balaban J connectivity index is 0.000000334. The van der Waals surface area contributed by atoms with Gasteiger partial charge in [-0.05, 0) is 18.2 Å². The average molecular weight is 415 g/mol. The summed E-state index contributed by atoms with van der Waals surface area (Å²) in [6.07, 6.45) is -0.485. The number of hydrogen-bond donors (Lipinski definition) is 2. The molecule has 5 nitrogen and oxygen atoms in total. The lowest BCUT2D eigenvalue weighted by atomic mass is 10.1.